The number of nitrogens with one attached hydrogen (secondary N) is 2. The number of amides is 3. The van der Waals surface area contributed by atoms with Crippen LogP contribution in [-0.2, 0) is 11.2 Å². The first-order valence-electron chi connectivity index (χ1n) is 10.9. The van der Waals surface area contributed by atoms with Crippen molar-refractivity contribution in [1.82, 2.24) is 25.2 Å². The number of carboxylic acid groups (broad SMARTS) is 1. The molecule has 4 rings (SSSR count). The van der Waals surface area contributed by atoms with Gasteiger partial charge in [0, 0.05) is 12.1 Å². The van der Waals surface area contributed by atoms with E-state index in [1.807, 2.05) is 0 Å². The van der Waals surface area contributed by atoms with Crippen molar-refractivity contribution in [3.63, 3.8) is 0 Å². The highest BCUT2D eigenvalue weighted by molar-refractivity contribution is 6.00. The molecule has 3 aromatic rings. The molecule has 0 unspecified atom stereocenters. The van der Waals surface area contributed by atoms with E-state index in [-0.39, 0.29) is 28.6 Å². The number of nitrogens with two attached hydrogens (primary N) is 1. The smallest absolute Gasteiger partial charge is 0.335 e. The number of carbonyl (C=O) groups is 4. The second-order valence-electron chi connectivity index (χ2n) is 8.40. The molecule has 0 saturated heterocycles. The first kappa shape index (κ1) is 23.8. The number of benzene rings is 1. The van der Waals surface area contributed by atoms with Gasteiger partial charge < -0.3 is 26.6 Å². The fourth-order valence-corrected chi connectivity index (χ4v) is 4.33. The first-order chi connectivity index (χ1) is 16.6. The Hall–Kier alpha value is -4.32. The highest BCUT2D eigenvalue weighted by Crippen LogP contribution is 2.34. The second-order valence-corrected chi connectivity index (χ2v) is 8.40. The minimum absolute atomic E-state index is 0.0325. The Morgan fingerprint density at radius 3 is 2.60 bits per heavy atom. The summed E-state index contributed by atoms with van der Waals surface area (Å²) in [5, 5.41) is 28.4. The maximum atomic E-state index is 13.3. The molecule has 1 aromatic carbocycles. The third-order valence-corrected chi connectivity index (χ3v) is 6.13. The number of aromatic nitrogens is 3. The van der Waals surface area contributed by atoms with E-state index < -0.39 is 35.8 Å². The summed E-state index contributed by atoms with van der Waals surface area (Å²) in [6.45, 7) is 3.06. The van der Waals surface area contributed by atoms with Crippen molar-refractivity contribution in [1.29, 1.82) is 0 Å². The zero-order valence-electron chi connectivity index (χ0n) is 19.0. The van der Waals surface area contributed by atoms with E-state index in [2.05, 4.69) is 20.7 Å². The molecule has 0 aliphatic heterocycles. The second kappa shape index (κ2) is 9.14. The number of aromatic carboxylic acids is 1. The lowest BCUT2D eigenvalue weighted by Gasteiger charge is -2.18. The number of aliphatic hydroxyl groups is 1. The lowest BCUT2D eigenvalue weighted by molar-refractivity contribution is -0.122. The van der Waals surface area contributed by atoms with Gasteiger partial charge in [0.15, 0.2) is 5.65 Å². The van der Waals surface area contributed by atoms with Gasteiger partial charge in [0.25, 0.3) is 11.8 Å². The molecule has 0 spiro atoms. The molecule has 0 bridgehead atoms. The summed E-state index contributed by atoms with van der Waals surface area (Å²) < 4.78 is 1.28. The molecule has 0 saturated carbocycles. The third kappa shape index (κ3) is 4.43. The number of nitrogens with zero attached hydrogens (tertiary/aromatic N) is 3. The number of hydrogen-bond acceptors (Lipinski definition) is 7. The van der Waals surface area contributed by atoms with E-state index in [1.165, 1.54) is 35.8 Å². The molecule has 35 heavy (non-hydrogen) atoms. The van der Waals surface area contributed by atoms with Gasteiger partial charge in [0.05, 0.1) is 23.9 Å². The minimum Gasteiger partial charge on any atom is -0.478 e. The maximum Gasteiger partial charge on any atom is 0.335 e. The molecule has 12 heteroatoms. The van der Waals surface area contributed by atoms with Crippen molar-refractivity contribution in [2.24, 2.45) is 5.73 Å². The Kier molecular flexibility index (Phi) is 6.22. The van der Waals surface area contributed by atoms with Crippen LogP contribution in [0.1, 0.15) is 67.4 Å². The molecule has 1 aliphatic rings. The average Bonchev–Trinajstić information content (AvgIpc) is 3.43. The van der Waals surface area contributed by atoms with E-state index in [0.717, 1.165) is 11.1 Å². The van der Waals surface area contributed by atoms with Gasteiger partial charge in [-0.1, -0.05) is 6.07 Å². The van der Waals surface area contributed by atoms with Crippen LogP contribution in [0.15, 0.2) is 30.5 Å². The fraction of sp³-hybridized carbons (Fsp3) is 0.304. The number of fused-ring (bicyclic) bond motifs is 2. The zero-order chi connectivity index (χ0) is 25.4. The van der Waals surface area contributed by atoms with Crippen molar-refractivity contribution >= 4 is 29.3 Å². The van der Waals surface area contributed by atoms with E-state index in [4.69, 9.17) is 5.73 Å². The number of carboxylic acids is 1. The number of primary amides is 1. The average molecular weight is 480 g/mol. The standard InChI is InChI=1S/C23H24N6O6/c1-10-12-5-6-15(14(12)4-3-13(10)23(34)35)27-22(33)17-9-16(26-18-7-8-25-29(17)18)21(32)28-19(11(2)30)20(24)31/h3-4,7-9,11,15,19,30H,5-6H2,1-2H3,(H2,24,31)(H,27,33)(H,28,32)(H,34,35)/t11-,15+,19+/m1/s1. The molecule has 0 fully saturated rings. The molecule has 2 aromatic heterocycles. The topological polar surface area (TPSA) is 189 Å². The van der Waals surface area contributed by atoms with Gasteiger partial charge in [-0.3, -0.25) is 14.4 Å². The quantitative estimate of drug-likeness (QED) is 0.315. The van der Waals surface area contributed by atoms with E-state index in [0.29, 0.717) is 18.4 Å². The van der Waals surface area contributed by atoms with Crippen molar-refractivity contribution in [2.45, 2.75) is 44.9 Å². The van der Waals surface area contributed by atoms with E-state index in [9.17, 15) is 29.4 Å². The maximum absolute atomic E-state index is 13.3. The van der Waals surface area contributed by atoms with Crippen LogP contribution in [0.2, 0.25) is 0 Å². The van der Waals surface area contributed by atoms with Crippen molar-refractivity contribution < 1.29 is 29.4 Å². The van der Waals surface area contributed by atoms with Crippen molar-refractivity contribution in [2.75, 3.05) is 0 Å². The van der Waals surface area contributed by atoms with Gasteiger partial charge in [0.2, 0.25) is 5.91 Å². The summed E-state index contributed by atoms with van der Waals surface area (Å²) in [6.07, 6.45) is 1.39. The Labute approximate surface area is 199 Å². The van der Waals surface area contributed by atoms with Crippen LogP contribution in [0.5, 0.6) is 0 Å². The molecule has 182 valence electrons. The number of aliphatic hydroxyl groups excluding tert-OH is 1. The van der Waals surface area contributed by atoms with Crippen LogP contribution in [-0.4, -0.2) is 60.6 Å². The summed E-state index contributed by atoms with van der Waals surface area (Å²) in [5.74, 6) is -3.24. The molecule has 2 heterocycles. The Bertz CT molecular complexity index is 1360. The summed E-state index contributed by atoms with van der Waals surface area (Å²) in [7, 11) is 0. The third-order valence-electron chi connectivity index (χ3n) is 6.13. The van der Waals surface area contributed by atoms with Crippen LogP contribution >= 0.6 is 0 Å². The first-order valence-corrected chi connectivity index (χ1v) is 10.9. The molecule has 1 aliphatic carbocycles. The van der Waals surface area contributed by atoms with Crippen LogP contribution in [0.3, 0.4) is 0 Å². The Balaban J connectivity index is 1.63. The van der Waals surface area contributed by atoms with Crippen LogP contribution < -0.4 is 16.4 Å². The molecular weight excluding hydrogens is 456 g/mol. The van der Waals surface area contributed by atoms with Gasteiger partial charge in [-0.15, -0.1) is 0 Å². The Morgan fingerprint density at radius 2 is 1.94 bits per heavy atom. The predicted molar refractivity (Wildman–Crippen MR) is 122 cm³/mol. The lowest BCUT2D eigenvalue weighted by Crippen LogP contribution is -2.50. The normalized spacial score (nSPS) is 16.4. The number of hydrogen-bond donors (Lipinski definition) is 5. The van der Waals surface area contributed by atoms with Gasteiger partial charge >= 0.3 is 5.97 Å². The Morgan fingerprint density at radius 1 is 1.20 bits per heavy atom. The van der Waals surface area contributed by atoms with Crippen molar-refractivity contribution in [3.8, 4) is 0 Å². The monoisotopic (exact) mass is 480 g/mol. The molecule has 12 nitrogen and oxygen atoms in total. The molecule has 3 amide bonds. The van der Waals surface area contributed by atoms with E-state index in [1.54, 1.807) is 13.0 Å². The predicted octanol–water partition coefficient (Wildman–Crippen LogP) is 0.118. The zero-order valence-corrected chi connectivity index (χ0v) is 19.0. The minimum atomic E-state index is -1.34. The van der Waals surface area contributed by atoms with Crippen LogP contribution in [0.4, 0.5) is 0 Å². The summed E-state index contributed by atoms with van der Waals surface area (Å²) in [5.41, 5.74) is 7.97. The molecule has 3 atom stereocenters. The number of carbonyl (C=O) groups excluding carboxylic acids is 3. The molecule has 6 N–H and O–H groups in total. The number of rotatable bonds is 7. The summed E-state index contributed by atoms with van der Waals surface area (Å²) in [4.78, 5) is 53.1. The van der Waals surface area contributed by atoms with Crippen molar-refractivity contribution in [3.05, 3.63) is 64.1 Å². The summed E-state index contributed by atoms with van der Waals surface area (Å²) >= 11 is 0. The van der Waals surface area contributed by atoms with Gasteiger partial charge in [-0.2, -0.15) is 5.10 Å². The lowest BCUT2D eigenvalue weighted by atomic mass is 9.98. The SMILES string of the molecule is Cc1c(C(=O)O)ccc2c1CC[C@@H]2NC(=O)c1cc(C(=O)N[C@H](C(N)=O)[C@@H](C)O)nc2ccnn12. The summed E-state index contributed by atoms with van der Waals surface area (Å²) in [6, 6.07) is 4.29. The highest BCUT2D eigenvalue weighted by atomic mass is 16.4. The molecule has 0 radical (unpaired) electrons. The van der Waals surface area contributed by atoms with Crippen LogP contribution in [0.25, 0.3) is 5.65 Å². The van der Waals surface area contributed by atoms with Gasteiger partial charge in [-0.05, 0) is 49.4 Å². The van der Waals surface area contributed by atoms with Gasteiger partial charge in [-0.25, -0.2) is 14.3 Å². The van der Waals surface area contributed by atoms with E-state index >= 15 is 0 Å². The fourth-order valence-electron chi connectivity index (χ4n) is 4.33. The largest absolute Gasteiger partial charge is 0.478 e. The molecular formula is C23H24N6O6. The van der Waals surface area contributed by atoms with Crippen LogP contribution in [0, 0.1) is 6.92 Å². The highest BCUT2D eigenvalue weighted by Gasteiger charge is 2.29. The van der Waals surface area contributed by atoms with Gasteiger partial charge in [0.1, 0.15) is 17.4 Å².